The first-order valence-corrected chi connectivity index (χ1v) is 6.06. The maximum Gasteiger partial charge on any atom is 0.336 e. The van der Waals surface area contributed by atoms with Gasteiger partial charge in [-0.15, -0.1) is 0 Å². The fraction of sp³-hybridized carbons (Fsp3) is 0.833. The van der Waals surface area contributed by atoms with E-state index >= 15 is 0 Å². The first kappa shape index (κ1) is 14.9. The van der Waals surface area contributed by atoms with E-state index in [2.05, 4.69) is 4.90 Å². The van der Waals surface area contributed by atoms with Crippen molar-refractivity contribution in [1.29, 1.82) is 5.26 Å². The molecule has 6 heteroatoms. The molecule has 1 heterocycles. The molecule has 1 saturated heterocycles. The molecule has 6 nitrogen and oxygen atoms in total. The molecule has 18 heavy (non-hydrogen) atoms. The van der Waals surface area contributed by atoms with Gasteiger partial charge in [-0.1, -0.05) is 0 Å². The molecule has 1 rings (SSSR count). The van der Waals surface area contributed by atoms with Crippen molar-refractivity contribution in [2.45, 2.75) is 31.5 Å². The lowest BCUT2D eigenvalue weighted by atomic mass is 9.91. The van der Waals surface area contributed by atoms with Crippen LogP contribution in [0.5, 0.6) is 0 Å². The van der Waals surface area contributed by atoms with Gasteiger partial charge >= 0.3 is 5.97 Å². The van der Waals surface area contributed by atoms with Crippen LogP contribution in [0.1, 0.15) is 19.8 Å². The van der Waals surface area contributed by atoms with Crippen LogP contribution in [0.15, 0.2) is 0 Å². The van der Waals surface area contributed by atoms with Gasteiger partial charge in [0.25, 0.3) is 0 Å². The van der Waals surface area contributed by atoms with Crippen LogP contribution in [0.25, 0.3) is 0 Å². The van der Waals surface area contributed by atoms with Crippen LogP contribution >= 0.6 is 0 Å². The summed E-state index contributed by atoms with van der Waals surface area (Å²) in [7, 11) is 1.45. The summed E-state index contributed by atoms with van der Waals surface area (Å²) in [4.78, 5) is 13.3. The Hall–Kier alpha value is -1.16. The lowest BCUT2D eigenvalue weighted by molar-refractivity contribution is -0.168. The molecular weight excluding hydrogens is 236 g/mol. The first-order valence-electron chi connectivity index (χ1n) is 6.06. The summed E-state index contributed by atoms with van der Waals surface area (Å²) in [6.45, 7) is 4.25. The average molecular weight is 256 g/mol. The maximum absolute atomic E-state index is 11.2. The summed E-state index contributed by atoms with van der Waals surface area (Å²) in [6, 6.07) is 2.00. The summed E-state index contributed by atoms with van der Waals surface area (Å²) in [5, 5.41) is 17.7. The van der Waals surface area contributed by atoms with Crippen LogP contribution in [0.2, 0.25) is 0 Å². The third-order valence-electron chi connectivity index (χ3n) is 3.40. The lowest BCUT2D eigenvalue weighted by Crippen LogP contribution is -2.51. The predicted molar refractivity (Wildman–Crippen MR) is 64.1 cm³/mol. The Bertz CT molecular complexity index is 319. The number of nitrogens with zero attached hydrogens (tertiary/aromatic N) is 2. The maximum atomic E-state index is 11.2. The van der Waals surface area contributed by atoms with Gasteiger partial charge in [-0.3, -0.25) is 0 Å². The minimum atomic E-state index is -1.03. The van der Waals surface area contributed by atoms with E-state index in [1.807, 2.05) is 6.07 Å². The highest BCUT2D eigenvalue weighted by Gasteiger charge is 2.41. The molecule has 1 N–H and O–H groups in total. The number of hydrogen-bond acceptors (Lipinski definition) is 5. The van der Waals surface area contributed by atoms with Gasteiger partial charge < -0.3 is 19.5 Å². The molecular formula is C12H20N2O4. The summed E-state index contributed by atoms with van der Waals surface area (Å²) >= 11 is 0. The van der Waals surface area contributed by atoms with Gasteiger partial charge in [-0.05, 0) is 19.8 Å². The Morgan fingerprint density at radius 1 is 1.56 bits per heavy atom. The monoisotopic (exact) mass is 256 g/mol. The van der Waals surface area contributed by atoms with Crippen LogP contribution in [0.3, 0.4) is 0 Å². The summed E-state index contributed by atoms with van der Waals surface area (Å²) in [5.41, 5.74) is -1.03. The fourth-order valence-corrected chi connectivity index (χ4v) is 2.04. The Morgan fingerprint density at radius 2 is 2.17 bits per heavy atom. The van der Waals surface area contributed by atoms with Gasteiger partial charge in [0, 0.05) is 26.7 Å². The molecule has 1 aliphatic rings. The van der Waals surface area contributed by atoms with Gasteiger partial charge in [-0.2, -0.15) is 5.26 Å². The Balaban J connectivity index is 2.31. The van der Waals surface area contributed by atoms with E-state index < -0.39 is 17.7 Å². The average Bonchev–Trinajstić information content (AvgIpc) is 2.39. The highest BCUT2D eigenvalue weighted by Crippen LogP contribution is 2.25. The van der Waals surface area contributed by atoms with Crippen LogP contribution in [0.4, 0.5) is 0 Å². The number of carboxylic acid groups (broad SMARTS) is 1. The largest absolute Gasteiger partial charge is 0.479 e. The first-order chi connectivity index (χ1) is 8.54. The number of piperidine rings is 1. The number of nitriles is 1. The zero-order chi connectivity index (χ0) is 13.6. The highest BCUT2D eigenvalue weighted by molar-refractivity contribution is 5.77. The molecule has 0 spiro atoms. The van der Waals surface area contributed by atoms with Gasteiger partial charge in [0.2, 0.25) is 0 Å². The molecule has 1 fully saturated rings. The van der Waals surface area contributed by atoms with Crippen LogP contribution in [-0.4, -0.2) is 61.0 Å². The SMILES string of the molecule is COC1(C(=O)O)CCN(CCOC(C)C#N)CC1. The third kappa shape index (κ3) is 3.67. The zero-order valence-corrected chi connectivity index (χ0v) is 10.9. The van der Waals surface area contributed by atoms with E-state index in [1.54, 1.807) is 6.92 Å². The van der Waals surface area contributed by atoms with Crippen molar-refractivity contribution in [2.75, 3.05) is 33.4 Å². The molecule has 1 aliphatic heterocycles. The van der Waals surface area contributed by atoms with Crippen molar-refractivity contribution >= 4 is 5.97 Å². The number of ether oxygens (including phenoxy) is 2. The number of rotatable bonds is 6. The quantitative estimate of drug-likeness (QED) is 0.744. The summed E-state index contributed by atoms with van der Waals surface area (Å²) in [5.74, 6) is -0.890. The summed E-state index contributed by atoms with van der Waals surface area (Å²) in [6.07, 6.45) is 0.561. The number of methoxy groups -OCH3 is 1. The minimum Gasteiger partial charge on any atom is -0.479 e. The fourth-order valence-electron chi connectivity index (χ4n) is 2.04. The third-order valence-corrected chi connectivity index (χ3v) is 3.40. The molecule has 0 radical (unpaired) electrons. The van der Waals surface area contributed by atoms with Gasteiger partial charge in [0.15, 0.2) is 5.60 Å². The van der Waals surface area contributed by atoms with Crippen LogP contribution in [0, 0.1) is 11.3 Å². The van der Waals surface area contributed by atoms with Crippen molar-refractivity contribution in [1.82, 2.24) is 4.90 Å². The molecule has 0 aliphatic carbocycles. The van der Waals surface area contributed by atoms with E-state index in [-0.39, 0.29) is 0 Å². The van der Waals surface area contributed by atoms with Gasteiger partial charge in [0.1, 0.15) is 6.10 Å². The highest BCUT2D eigenvalue weighted by atomic mass is 16.5. The zero-order valence-electron chi connectivity index (χ0n) is 10.9. The minimum absolute atomic E-state index is 0.396. The Labute approximate surface area is 107 Å². The Kier molecular flexibility index (Phi) is 5.54. The second kappa shape index (κ2) is 6.69. The van der Waals surface area contributed by atoms with Crippen molar-refractivity contribution < 1.29 is 19.4 Å². The standard InChI is InChI=1S/C12H20N2O4/c1-10(9-13)18-8-7-14-5-3-12(17-2,4-6-14)11(15)16/h10H,3-8H2,1-2H3,(H,15,16). The topological polar surface area (TPSA) is 82.8 Å². The van der Waals surface area contributed by atoms with Crippen molar-refractivity contribution in [2.24, 2.45) is 0 Å². The predicted octanol–water partition coefficient (Wildman–Crippen LogP) is 0.481. The van der Waals surface area contributed by atoms with E-state index in [9.17, 15) is 4.79 Å². The van der Waals surface area contributed by atoms with E-state index in [0.717, 1.165) is 0 Å². The van der Waals surface area contributed by atoms with Crippen LogP contribution < -0.4 is 0 Å². The smallest absolute Gasteiger partial charge is 0.336 e. The molecule has 0 aromatic heterocycles. The number of likely N-dealkylation sites (tertiary alicyclic amines) is 1. The number of aliphatic carboxylic acids is 1. The molecule has 0 amide bonds. The molecule has 102 valence electrons. The van der Waals surface area contributed by atoms with Crippen molar-refractivity contribution in [3.8, 4) is 6.07 Å². The summed E-state index contributed by atoms with van der Waals surface area (Å²) < 4.78 is 10.4. The number of hydrogen-bond donors (Lipinski definition) is 1. The second-order valence-corrected chi connectivity index (χ2v) is 4.49. The number of carbonyl (C=O) groups is 1. The van der Waals surface area contributed by atoms with Crippen molar-refractivity contribution in [3.05, 3.63) is 0 Å². The molecule has 0 aromatic carbocycles. The molecule has 1 unspecified atom stereocenters. The van der Waals surface area contributed by atoms with Gasteiger partial charge in [0.05, 0.1) is 12.7 Å². The molecule has 0 aromatic rings. The molecule has 0 bridgehead atoms. The van der Waals surface area contributed by atoms with E-state index in [1.165, 1.54) is 7.11 Å². The molecule has 1 atom stereocenters. The lowest BCUT2D eigenvalue weighted by Gasteiger charge is -2.37. The van der Waals surface area contributed by atoms with Crippen molar-refractivity contribution in [3.63, 3.8) is 0 Å². The number of carboxylic acids is 1. The van der Waals surface area contributed by atoms with E-state index in [0.29, 0.717) is 39.1 Å². The molecule has 0 saturated carbocycles. The second-order valence-electron chi connectivity index (χ2n) is 4.49. The van der Waals surface area contributed by atoms with Gasteiger partial charge in [-0.25, -0.2) is 4.79 Å². The Morgan fingerprint density at radius 3 is 2.61 bits per heavy atom. The normalized spacial score (nSPS) is 21.2. The van der Waals surface area contributed by atoms with Crippen LogP contribution in [-0.2, 0) is 14.3 Å². The van der Waals surface area contributed by atoms with E-state index in [4.69, 9.17) is 19.8 Å².